The Bertz CT molecular complexity index is 356. The Labute approximate surface area is 114 Å². The summed E-state index contributed by atoms with van der Waals surface area (Å²) < 4.78 is 0. The molecule has 1 aliphatic heterocycles. The average Bonchev–Trinajstić information content (AvgIpc) is 2.57. The molecule has 0 spiro atoms. The maximum absolute atomic E-state index is 10.8. The van der Waals surface area contributed by atoms with Gasteiger partial charge in [-0.2, -0.15) is 0 Å². The van der Waals surface area contributed by atoms with Gasteiger partial charge in [-0.15, -0.1) is 0 Å². The molecule has 1 aliphatic rings. The lowest BCUT2D eigenvalue weighted by Crippen LogP contribution is -2.24. The summed E-state index contributed by atoms with van der Waals surface area (Å²) in [6.07, 6.45) is 2.89. The first-order valence-electron chi connectivity index (χ1n) is 6.25. The van der Waals surface area contributed by atoms with Crippen LogP contribution in [-0.4, -0.2) is 35.3 Å². The van der Waals surface area contributed by atoms with Crippen LogP contribution in [0.4, 0.5) is 0 Å². The first-order chi connectivity index (χ1) is 8.75. The lowest BCUT2D eigenvalue weighted by Gasteiger charge is -2.03. The van der Waals surface area contributed by atoms with E-state index in [-0.39, 0.29) is 29.3 Å². The minimum Gasteiger partial charge on any atom is -0.295 e. The quantitative estimate of drug-likeness (QED) is 0.565. The summed E-state index contributed by atoms with van der Waals surface area (Å²) in [4.78, 5) is 42.9. The molecule has 108 valence electrons. The number of rotatable bonds is 2. The predicted molar refractivity (Wildman–Crippen MR) is 73.4 cm³/mol. The van der Waals surface area contributed by atoms with Crippen molar-refractivity contribution in [2.75, 3.05) is 7.05 Å². The molecule has 1 unspecified atom stereocenters. The minimum atomic E-state index is -0.0970. The van der Waals surface area contributed by atoms with E-state index in [1.54, 1.807) is 6.92 Å². The van der Waals surface area contributed by atoms with Crippen molar-refractivity contribution in [1.82, 2.24) is 4.90 Å². The van der Waals surface area contributed by atoms with Crippen molar-refractivity contribution < 1.29 is 19.2 Å². The third-order valence-corrected chi connectivity index (χ3v) is 2.16. The van der Waals surface area contributed by atoms with Crippen LogP contribution in [0.2, 0.25) is 0 Å². The maximum Gasteiger partial charge on any atom is 0.232 e. The molecule has 5 heteroatoms. The van der Waals surface area contributed by atoms with Gasteiger partial charge in [0.1, 0.15) is 0 Å². The zero-order valence-electron chi connectivity index (χ0n) is 12.5. The number of carbonyl (C=O) groups excluding carboxylic acids is 4. The Hall–Kier alpha value is -1.78. The van der Waals surface area contributed by atoms with Crippen LogP contribution in [0.3, 0.4) is 0 Å². The van der Waals surface area contributed by atoms with Crippen LogP contribution in [0.1, 0.15) is 41.0 Å². The first-order valence-corrected chi connectivity index (χ1v) is 6.25. The number of carbonyl (C=O) groups is 4. The lowest BCUT2D eigenvalue weighted by atomic mass is 10.1. The van der Waals surface area contributed by atoms with E-state index in [9.17, 15) is 19.2 Å². The second-order valence-electron chi connectivity index (χ2n) is 3.95. The van der Waals surface area contributed by atoms with Gasteiger partial charge in [-0.25, -0.2) is 0 Å². The highest BCUT2D eigenvalue weighted by molar-refractivity contribution is 6.02. The van der Waals surface area contributed by atoms with Crippen LogP contribution in [0, 0.1) is 5.92 Å². The van der Waals surface area contributed by atoms with Crippen LogP contribution in [-0.2, 0) is 19.2 Å². The number of imide groups is 1. The van der Waals surface area contributed by atoms with Gasteiger partial charge >= 0.3 is 0 Å². The summed E-state index contributed by atoms with van der Waals surface area (Å²) in [5.74, 6) is -0.407. The van der Waals surface area contributed by atoms with Crippen LogP contribution in [0.15, 0.2) is 12.2 Å². The fourth-order valence-electron chi connectivity index (χ4n) is 1.17. The van der Waals surface area contributed by atoms with Crippen molar-refractivity contribution in [3.63, 3.8) is 0 Å². The summed E-state index contributed by atoms with van der Waals surface area (Å²) in [7, 11) is 1.52. The summed E-state index contributed by atoms with van der Waals surface area (Å²) in [5.41, 5.74) is 0. The molecular weight excluding hydrogens is 246 g/mol. The Kier molecular flexibility index (Phi) is 10.5. The molecule has 5 nitrogen and oxygen atoms in total. The van der Waals surface area contributed by atoms with Crippen LogP contribution in [0.5, 0.6) is 0 Å². The van der Waals surface area contributed by atoms with Gasteiger partial charge in [0.05, 0.1) is 0 Å². The molecule has 0 aromatic carbocycles. The lowest BCUT2D eigenvalue weighted by molar-refractivity contribution is -0.137. The number of amides is 2. The Morgan fingerprint density at radius 1 is 1.11 bits per heavy atom. The van der Waals surface area contributed by atoms with Crippen molar-refractivity contribution in [3.8, 4) is 0 Å². The van der Waals surface area contributed by atoms with E-state index >= 15 is 0 Å². The molecule has 1 atom stereocenters. The standard InChI is InChI=1S/C6H9NO2.C6H8O2.C2H6/c1-4-3-5(8)7(2)6(4)9;1-5(7)3-4-6(2)8;1-2/h4H,3H2,1-2H3;3-4H,1-2H3;1-2H3/b;4-3-;. The zero-order chi connectivity index (χ0) is 15.6. The van der Waals surface area contributed by atoms with Gasteiger partial charge < -0.3 is 0 Å². The molecular formula is C14H23NO4. The van der Waals surface area contributed by atoms with Crippen molar-refractivity contribution >= 4 is 23.4 Å². The summed E-state index contributed by atoms with van der Waals surface area (Å²) in [6, 6.07) is 0. The topological polar surface area (TPSA) is 71.5 Å². The summed E-state index contributed by atoms with van der Waals surface area (Å²) >= 11 is 0. The number of nitrogens with zero attached hydrogens (tertiary/aromatic N) is 1. The fraction of sp³-hybridized carbons (Fsp3) is 0.571. The van der Waals surface area contributed by atoms with Gasteiger partial charge in [-0.3, -0.25) is 24.1 Å². The smallest absolute Gasteiger partial charge is 0.232 e. The van der Waals surface area contributed by atoms with Gasteiger partial charge in [0.25, 0.3) is 0 Å². The molecule has 1 heterocycles. The van der Waals surface area contributed by atoms with Gasteiger partial charge in [0, 0.05) is 19.4 Å². The zero-order valence-corrected chi connectivity index (χ0v) is 12.5. The maximum atomic E-state index is 10.8. The third kappa shape index (κ3) is 8.88. The van der Waals surface area contributed by atoms with Crippen molar-refractivity contribution in [1.29, 1.82) is 0 Å². The second-order valence-corrected chi connectivity index (χ2v) is 3.95. The van der Waals surface area contributed by atoms with Gasteiger partial charge in [-0.05, 0) is 26.0 Å². The summed E-state index contributed by atoms with van der Waals surface area (Å²) in [6.45, 7) is 8.57. The highest BCUT2D eigenvalue weighted by Gasteiger charge is 2.32. The van der Waals surface area contributed by atoms with Gasteiger partial charge in [0.15, 0.2) is 11.6 Å². The van der Waals surface area contributed by atoms with Crippen molar-refractivity contribution in [3.05, 3.63) is 12.2 Å². The Morgan fingerprint density at radius 3 is 1.58 bits per heavy atom. The molecule has 19 heavy (non-hydrogen) atoms. The van der Waals surface area contributed by atoms with Crippen molar-refractivity contribution in [2.45, 2.75) is 41.0 Å². The monoisotopic (exact) mass is 269 g/mol. The van der Waals surface area contributed by atoms with E-state index in [1.165, 1.54) is 37.9 Å². The van der Waals surface area contributed by atoms with E-state index in [4.69, 9.17) is 0 Å². The molecule has 2 amide bonds. The molecule has 0 bridgehead atoms. The van der Waals surface area contributed by atoms with E-state index in [0.29, 0.717) is 6.42 Å². The number of hydrogen-bond acceptors (Lipinski definition) is 4. The highest BCUT2D eigenvalue weighted by atomic mass is 16.2. The molecule has 0 aromatic rings. The van der Waals surface area contributed by atoms with E-state index < -0.39 is 0 Å². The number of hydrogen-bond donors (Lipinski definition) is 0. The minimum absolute atomic E-state index is 0.0556. The van der Waals surface area contributed by atoms with Gasteiger partial charge in [0.2, 0.25) is 11.8 Å². The largest absolute Gasteiger partial charge is 0.295 e. The van der Waals surface area contributed by atoms with Crippen LogP contribution >= 0.6 is 0 Å². The Balaban J connectivity index is 0. The van der Waals surface area contributed by atoms with Crippen molar-refractivity contribution in [2.24, 2.45) is 5.92 Å². The van der Waals surface area contributed by atoms with Crippen LogP contribution < -0.4 is 0 Å². The molecule has 1 saturated heterocycles. The molecule has 1 fully saturated rings. The first kappa shape index (κ1) is 19.6. The highest BCUT2D eigenvalue weighted by Crippen LogP contribution is 2.15. The molecule has 0 aromatic heterocycles. The molecule has 0 aliphatic carbocycles. The van der Waals surface area contributed by atoms with E-state index in [1.807, 2.05) is 13.8 Å². The number of ketones is 2. The molecule has 0 N–H and O–H groups in total. The van der Waals surface area contributed by atoms with Gasteiger partial charge in [-0.1, -0.05) is 20.8 Å². The molecule has 0 radical (unpaired) electrons. The second kappa shape index (κ2) is 10.2. The fourth-order valence-corrected chi connectivity index (χ4v) is 1.17. The number of likely N-dealkylation sites (tertiary alicyclic amines) is 1. The SMILES string of the molecule is CC.CC(=O)/C=C\C(C)=O.CC1CC(=O)N(C)C1=O. The predicted octanol–water partition coefficient (Wildman–Crippen LogP) is 1.76. The van der Waals surface area contributed by atoms with E-state index in [2.05, 4.69) is 0 Å². The third-order valence-electron chi connectivity index (χ3n) is 2.16. The van der Waals surface area contributed by atoms with E-state index in [0.717, 1.165) is 0 Å². The Morgan fingerprint density at radius 2 is 1.47 bits per heavy atom. The normalized spacial score (nSPS) is 17.6. The average molecular weight is 269 g/mol. The summed E-state index contributed by atoms with van der Waals surface area (Å²) in [5, 5.41) is 0. The molecule has 0 saturated carbocycles. The molecule has 1 rings (SSSR count). The van der Waals surface area contributed by atoms with Crippen LogP contribution in [0.25, 0.3) is 0 Å². The number of allylic oxidation sites excluding steroid dienone is 2.